The van der Waals surface area contributed by atoms with Crippen molar-refractivity contribution in [2.75, 3.05) is 11.2 Å². The van der Waals surface area contributed by atoms with Crippen LogP contribution in [0.2, 0.25) is 0 Å². The Bertz CT molecular complexity index is 580. The van der Waals surface area contributed by atoms with E-state index in [-0.39, 0.29) is 11.8 Å². The number of anilines is 1. The van der Waals surface area contributed by atoms with E-state index >= 15 is 0 Å². The van der Waals surface area contributed by atoms with Crippen molar-refractivity contribution in [3.05, 3.63) is 16.0 Å². The Morgan fingerprint density at radius 3 is 2.71 bits per heavy atom. The summed E-state index contributed by atoms with van der Waals surface area (Å²) >= 11 is 7.30. The van der Waals surface area contributed by atoms with Crippen molar-refractivity contribution in [3.63, 3.8) is 0 Å². The molecule has 1 aliphatic carbocycles. The second-order valence-electron chi connectivity index (χ2n) is 6.39. The third-order valence-corrected chi connectivity index (χ3v) is 5.77. The molecule has 0 radical (unpaired) electrons. The van der Waals surface area contributed by atoms with Crippen LogP contribution < -0.4 is 11.1 Å². The fourth-order valence-corrected chi connectivity index (χ4v) is 3.97. The Balaban J connectivity index is 2.36. The molecule has 0 saturated heterocycles. The highest BCUT2D eigenvalue weighted by atomic mass is 35.5. The largest absolute Gasteiger partial charge is 0.365 e. The zero-order chi connectivity index (χ0) is 15.8. The number of nitrogens with one attached hydrogen (secondary N) is 1. The number of alkyl halides is 1. The Kier molecular flexibility index (Phi) is 4.63. The van der Waals surface area contributed by atoms with Gasteiger partial charge in [-0.05, 0) is 44.6 Å². The second kappa shape index (κ2) is 5.97. The summed E-state index contributed by atoms with van der Waals surface area (Å²) in [7, 11) is 0. The van der Waals surface area contributed by atoms with Crippen LogP contribution in [0.4, 0.5) is 5.00 Å². The molecular formula is C15H21ClN2O2S. The lowest BCUT2D eigenvalue weighted by molar-refractivity contribution is -0.122. The SMILES string of the molecule is CC1CCc2c(sc(NC(=O)C(C)(C)CCl)c2C(N)=O)C1. The first kappa shape index (κ1) is 16.3. The first-order chi connectivity index (χ1) is 9.76. The van der Waals surface area contributed by atoms with Crippen LogP contribution in [-0.2, 0) is 17.6 Å². The molecule has 3 N–H and O–H groups in total. The van der Waals surface area contributed by atoms with Gasteiger partial charge in [-0.3, -0.25) is 9.59 Å². The summed E-state index contributed by atoms with van der Waals surface area (Å²) in [6, 6.07) is 0. The number of primary amides is 1. The number of halogens is 1. The molecule has 0 fully saturated rings. The van der Waals surface area contributed by atoms with Gasteiger partial charge < -0.3 is 11.1 Å². The van der Waals surface area contributed by atoms with Gasteiger partial charge in [-0.25, -0.2) is 0 Å². The van der Waals surface area contributed by atoms with Crippen LogP contribution in [-0.4, -0.2) is 17.7 Å². The molecule has 1 atom stereocenters. The smallest absolute Gasteiger partial charge is 0.251 e. The molecule has 0 spiro atoms. The maximum Gasteiger partial charge on any atom is 0.251 e. The Morgan fingerprint density at radius 2 is 2.14 bits per heavy atom. The topological polar surface area (TPSA) is 72.2 Å². The van der Waals surface area contributed by atoms with E-state index in [1.165, 1.54) is 16.2 Å². The molecule has 0 bridgehead atoms. The second-order valence-corrected chi connectivity index (χ2v) is 7.76. The number of carbonyl (C=O) groups excluding carboxylic acids is 2. The van der Waals surface area contributed by atoms with Crippen molar-refractivity contribution in [3.8, 4) is 0 Å². The summed E-state index contributed by atoms with van der Waals surface area (Å²) in [5.74, 6) is 0.153. The lowest BCUT2D eigenvalue weighted by Crippen LogP contribution is -2.32. The molecule has 0 aliphatic heterocycles. The van der Waals surface area contributed by atoms with Gasteiger partial charge >= 0.3 is 0 Å². The molecule has 1 unspecified atom stereocenters. The summed E-state index contributed by atoms with van der Waals surface area (Å²) in [6.45, 7) is 5.74. The molecule has 2 amide bonds. The summed E-state index contributed by atoms with van der Waals surface area (Å²) in [6.07, 6.45) is 2.83. The van der Waals surface area contributed by atoms with Gasteiger partial charge in [0.25, 0.3) is 5.91 Å². The standard InChI is InChI=1S/C15H21ClN2O2S/c1-8-4-5-9-10(6-8)21-13(11(9)12(17)19)18-14(20)15(2,3)7-16/h8H,4-7H2,1-3H3,(H2,17,19)(H,18,20). The number of hydrogen-bond donors (Lipinski definition) is 2. The molecule has 0 saturated carbocycles. The van der Waals surface area contributed by atoms with Crippen molar-refractivity contribution >= 4 is 39.8 Å². The quantitative estimate of drug-likeness (QED) is 0.833. The van der Waals surface area contributed by atoms with Gasteiger partial charge in [-0.1, -0.05) is 6.92 Å². The third-order valence-electron chi connectivity index (χ3n) is 3.93. The highest BCUT2D eigenvalue weighted by molar-refractivity contribution is 7.17. The maximum atomic E-state index is 12.3. The summed E-state index contributed by atoms with van der Waals surface area (Å²) in [4.78, 5) is 25.2. The molecule has 6 heteroatoms. The summed E-state index contributed by atoms with van der Waals surface area (Å²) < 4.78 is 0. The number of nitrogens with two attached hydrogens (primary N) is 1. The Labute approximate surface area is 134 Å². The molecule has 0 aromatic carbocycles. The summed E-state index contributed by atoms with van der Waals surface area (Å²) in [5, 5.41) is 3.42. The van der Waals surface area contributed by atoms with Crippen molar-refractivity contribution in [1.82, 2.24) is 0 Å². The van der Waals surface area contributed by atoms with Gasteiger partial charge in [0.05, 0.1) is 11.0 Å². The van der Waals surface area contributed by atoms with E-state index in [9.17, 15) is 9.59 Å². The van der Waals surface area contributed by atoms with Crippen LogP contribution in [0.3, 0.4) is 0 Å². The minimum Gasteiger partial charge on any atom is -0.365 e. The predicted octanol–water partition coefficient (Wildman–Crippen LogP) is 3.18. The minimum atomic E-state index is -0.686. The molecule has 2 rings (SSSR count). The van der Waals surface area contributed by atoms with Gasteiger partial charge in [0, 0.05) is 10.8 Å². The van der Waals surface area contributed by atoms with Crippen molar-refractivity contribution in [2.24, 2.45) is 17.1 Å². The molecule has 1 heterocycles. The number of rotatable bonds is 4. The minimum absolute atomic E-state index is 0.188. The number of hydrogen-bond acceptors (Lipinski definition) is 3. The van der Waals surface area contributed by atoms with Crippen LogP contribution in [0.1, 0.15) is 48.0 Å². The molecule has 1 aromatic heterocycles. The van der Waals surface area contributed by atoms with E-state index in [1.54, 1.807) is 13.8 Å². The highest BCUT2D eigenvalue weighted by Gasteiger charge is 2.31. The van der Waals surface area contributed by atoms with Crippen molar-refractivity contribution in [1.29, 1.82) is 0 Å². The first-order valence-corrected chi connectivity index (χ1v) is 8.43. The number of thiophene rings is 1. The van der Waals surface area contributed by atoms with E-state index in [4.69, 9.17) is 17.3 Å². The van der Waals surface area contributed by atoms with E-state index in [0.29, 0.717) is 16.5 Å². The monoisotopic (exact) mass is 328 g/mol. The number of fused-ring (bicyclic) bond motifs is 1. The molecular weight excluding hydrogens is 308 g/mol. The van der Waals surface area contributed by atoms with E-state index in [2.05, 4.69) is 12.2 Å². The zero-order valence-corrected chi connectivity index (χ0v) is 14.2. The van der Waals surface area contributed by atoms with Crippen molar-refractivity contribution in [2.45, 2.75) is 40.0 Å². The highest BCUT2D eigenvalue weighted by Crippen LogP contribution is 2.40. The Morgan fingerprint density at radius 1 is 1.48 bits per heavy atom. The van der Waals surface area contributed by atoms with Gasteiger partial charge in [-0.2, -0.15) is 0 Å². The Hall–Kier alpha value is -1.07. The maximum absolute atomic E-state index is 12.3. The van der Waals surface area contributed by atoms with Gasteiger partial charge in [0.15, 0.2) is 0 Å². The van der Waals surface area contributed by atoms with E-state index in [1.807, 2.05) is 0 Å². The van der Waals surface area contributed by atoms with Gasteiger partial charge in [-0.15, -0.1) is 22.9 Å². The van der Waals surface area contributed by atoms with Gasteiger partial charge in [0.2, 0.25) is 5.91 Å². The number of amides is 2. The fraction of sp³-hybridized carbons (Fsp3) is 0.600. The van der Waals surface area contributed by atoms with Crippen LogP contribution in [0.5, 0.6) is 0 Å². The molecule has 116 valence electrons. The van der Waals surface area contributed by atoms with Crippen LogP contribution in [0, 0.1) is 11.3 Å². The molecule has 4 nitrogen and oxygen atoms in total. The average molecular weight is 329 g/mol. The lowest BCUT2D eigenvalue weighted by Gasteiger charge is -2.20. The number of carbonyl (C=O) groups is 2. The van der Waals surface area contributed by atoms with Crippen LogP contribution in [0.25, 0.3) is 0 Å². The fourth-order valence-electron chi connectivity index (χ4n) is 2.43. The van der Waals surface area contributed by atoms with Crippen LogP contribution >= 0.6 is 22.9 Å². The summed E-state index contributed by atoms with van der Waals surface area (Å²) in [5.41, 5.74) is 6.34. The zero-order valence-electron chi connectivity index (χ0n) is 12.6. The molecule has 1 aliphatic rings. The molecule has 21 heavy (non-hydrogen) atoms. The predicted molar refractivity (Wildman–Crippen MR) is 87.2 cm³/mol. The van der Waals surface area contributed by atoms with Gasteiger partial charge in [0.1, 0.15) is 5.00 Å². The lowest BCUT2D eigenvalue weighted by atomic mass is 9.88. The van der Waals surface area contributed by atoms with E-state index in [0.717, 1.165) is 24.8 Å². The normalized spacial score (nSPS) is 18.2. The first-order valence-electron chi connectivity index (χ1n) is 7.08. The molecule has 1 aromatic rings. The van der Waals surface area contributed by atoms with Crippen molar-refractivity contribution < 1.29 is 9.59 Å². The average Bonchev–Trinajstić information content (AvgIpc) is 2.75. The third kappa shape index (κ3) is 3.24. The van der Waals surface area contributed by atoms with E-state index < -0.39 is 11.3 Å². The van der Waals surface area contributed by atoms with Crippen LogP contribution in [0.15, 0.2) is 0 Å².